The molecule has 0 amide bonds. The molecule has 14 heavy (non-hydrogen) atoms. The van der Waals surface area contributed by atoms with Crippen LogP contribution in [0.15, 0.2) is 18.5 Å². The highest BCUT2D eigenvalue weighted by molar-refractivity contribution is 5.81. The monoisotopic (exact) mass is 194 g/mol. The number of carboxylic acid groups (broad SMARTS) is 1. The minimum Gasteiger partial charge on any atom is -0.480 e. The second-order valence-electron chi connectivity index (χ2n) is 3.75. The van der Waals surface area contributed by atoms with Crippen molar-refractivity contribution < 1.29 is 9.90 Å². The Kier molecular flexibility index (Phi) is 2.74. The van der Waals surface area contributed by atoms with Crippen LogP contribution in [-0.4, -0.2) is 21.6 Å². The lowest BCUT2D eigenvalue weighted by atomic mass is 10.1. The van der Waals surface area contributed by atoms with E-state index >= 15 is 0 Å². The Morgan fingerprint density at radius 1 is 1.57 bits per heavy atom. The first-order valence-electron chi connectivity index (χ1n) is 4.35. The lowest BCUT2D eigenvalue weighted by Crippen LogP contribution is -2.40. The molecule has 1 heterocycles. The topological polar surface area (TPSA) is 62.2 Å². The molecule has 0 aliphatic carbocycles. The molecule has 76 valence electrons. The van der Waals surface area contributed by atoms with E-state index in [1.165, 1.54) is 0 Å². The van der Waals surface area contributed by atoms with E-state index < -0.39 is 11.5 Å². The number of hydrogen-bond donors (Lipinski definition) is 2. The Morgan fingerprint density at radius 3 is 2.71 bits per heavy atom. The summed E-state index contributed by atoms with van der Waals surface area (Å²) in [4.78, 5) is 14.8. The van der Waals surface area contributed by atoms with Crippen molar-refractivity contribution in [1.29, 1.82) is 0 Å². The summed E-state index contributed by atoms with van der Waals surface area (Å²) in [5.41, 5.74) is 0.765. The lowest BCUT2D eigenvalue weighted by molar-refractivity contribution is -0.141. The highest BCUT2D eigenvalue weighted by atomic mass is 16.4. The molecule has 4 heteroatoms. The Labute approximate surface area is 83.0 Å². The van der Waals surface area contributed by atoms with E-state index in [9.17, 15) is 4.79 Å². The minimum atomic E-state index is -0.966. The highest BCUT2D eigenvalue weighted by Crippen LogP contribution is 2.17. The second kappa shape index (κ2) is 3.65. The molecule has 0 bridgehead atoms. The Hall–Kier alpha value is -1.58. The fourth-order valence-corrected chi connectivity index (χ4v) is 1.00. The number of aryl methyl sites for hydroxylation is 1. The standard InChI is InChI=1S/C10H14N2O2/c1-7-6-11-5-4-8(7)12-10(2,3)9(13)14/h4-6H,1-3H3,(H,11,12)(H,13,14). The van der Waals surface area contributed by atoms with Crippen LogP contribution in [0.1, 0.15) is 19.4 Å². The molecule has 4 nitrogen and oxygen atoms in total. The van der Waals surface area contributed by atoms with Gasteiger partial charge in [-0.2, -0.15) is 0 Å². The first-order valence-corrected chi connectivity index (χ1v) is 4.35. The molecule has 0 aliphatic heterocycles. The van der Waals surface area contributed by atoms with Crippen molar-refractivity contribution in [3.8, 4) is 0 Å². The van der Waals surface area contributed by atoms with Crippen LogP contribution in [0.3, 0.4) is 0 Å². The summed E-state index contributed by atoms with van der Waals surface area (Å²) < 4.78 is 0. The molecule has 0 aromatic carbocycles. The van der Waals surface area contributed by atoms with Crippen molar-refractivity contribution in [2.75, 3.05) is 5.32 Å². The summed E-state index contributed by atoms with van der Waals surface area (Å²) in [6.07, 6.45) is 3.33. The molecule has 1 aromatic rings. The van der Waals surface area contributed by atoms with E-state index in [4.69, 9.17) is 5.11 Å². The van der Waals surface area contributed by atoms with Crippen molar-refractivity contribution >= 4 is 11.7 Å². The van der Waals surface area contributed by atoms with Gasteiger partial charge in [0.05, 0.1) is 0 Å². The number of carboxylic acids is 1. The second-order valence-corrected chi connectivity index (χ2v) is 3.75. The number of nitrogens with one attached hydrogen (secondary N) is 1. The van der Waals surface area contributed by atoms with Gasteiger partial charge in [0, 0.05) is 18.1 Å². The van der Waals surface area contributed by atoms with Crippen LogP contribution in [0.4, 0.5) is 5.69 Å². The first-order chi connectivity index (χ1) is 6.43. The predicted molar refractivity (Wildman–Crippen MR) is 54.3 cm³/mol. The fourth-order valence-electron chi connectivity index (χ4n) is 1.00. The molecule has 0 atom stereocenters. The average molecular weight is 194 g/mol. The van der Waals surface area contributed by atoms with Crippen LogP contribution < -0.4 is 5.32 Å². The van der Waals surface area contributed by atoms with Crippen LogP contribution in [0, 0.1) is 6.92 Å². The summed E-state index contributed by atoms with van der Waals surface area (Å²) in [5, 5.41) is 11.9. The zero-order valence-electron chi connectivity index (χ0n) is 8.53. The average Bonchev–Trinajstić information content (AvgIpc) is 2.08. The highest BCUT2D eigenvalue weighted by Gasteiger charge is 2.26. The Balaban J connectivity index is 2.89. The van der Waals surface area contributed by atoms with Crippen molar-refractivity contribution in [2.24, 2.45) is 0 Å². The van der Waals surface area contributed by atoms with E-state index in [0.717, 1.165) is 11.3 Å². The summed E-state index contributed by atoms with van der Waals surface area (Å²) >= 11 is 0. The van der Waals surface area contributed by atoms with Gasteiger partial charge in [0.15, 0.2) is 0 Å². The maximum Gasteiger partial charge on any atom is 0.328 e. The van der Waals surface area contributed by atoms with Crippen molar-refractivity contribution in [3.63, 3.8) is 0 Å². The van der Waals surface area contributed by atoms with E-state index in [1.54, 1.807) is 32.3 Å². The molecule has 0 unspecified atom stereocenters. The molecule has 1 rings (SSSR count). The van der Waals surface area contributed by atoms with Gasteiger partial charge in [0.2, 0.25) is 0 Å². The van der Waals surface area contributed by atoms with Gasteiger partial charge < -0.3 is 10.4 Å². The number of hydrogen-bond acceptors (Lipinski definition) is 3. The third kappa shape index (κ3) is 2.22. The quantitative estimate of drug-likeness (QED) is 0.768. The smallest absolute Gasteiger partial charge is 0.328 e. The summed E-state index contributed by atoms with van der Waals surface area (Å²) in [5.74, 6) is -0.881. The Morgan fingerprint density at radius 2 is 2.21 bits per heavy atom. The first kappa shape index (κ1) is 10.5. The van der Waals surface area contributed by atoms with Gasteiger partial charge in [0.1, 0.15) is 5.54 Å². The minimum absolute atomic E-state index is 0.799. The largest absolute Gasteiger partial charge is 0.480 e. The summed E-state index contributed by atoms with van der Waals surface area (Å²) in [6, 6.07) is 1.76. The normalized spacial score (nSPS) is 11.1. The van der Waals surface area contributed by atoms with Gasteiger partial charge >= 0.3 is 5.97 Å². The molecule has 0 saturated carbocycles. The zero-order chi connectivity index (χ0) is 10.8. The predicted octanol–water partition coefficient (Wildman–Crippen LogP) is 1.67. The van der Waals surface area contributed by atoms with Crippen LogP contribution >= 0.6 is 0 Å². The third-order valence-corrected chi connectivity index (χ3v) is 2.00. The van der Waals surface area contributed by atoms with E-state index in [0.29, 0.717) is 0 Å². The SMILES string of the molecule is Cc1cnccc1NC(C)(C)C(=O)O. The molecular weight excluding hydrogens is 180 g/mol. The lowest BCUT2D eigenvalue weighted by Gasteiger charge is -2.23. The molecule has 0 radical (unpaired) electrons. The van der Waals surface area contributed by atoms with Gasteiger partial charge in [-0.15, -0.1) is 0 Å². The summed E-state index contributed by atoms with van der Waals surface area (Å²) in [6.45, 7) is 5.12. The number of aliphatic carboxylic acids is 1. The maximum absolute atomic E-state index is 10.9. The number of carbonyl (C=O) groups is 1. The number of nitrogens with zero attached hydrogens (tertiary/aromatic N) is 1. The van der Waals surface area contributed by atoms with Crippen LogP contribution in [0.5, 0.6) is 0 Å². The van der Waals surface area contributed by atoms with Crippen LogP contribution in [0.2, 0.25) is 0 Å². The number of rotatable bonds is 3. The van der Waals surface area contributed by atoms with E-state index in [-0.39, 0.29) is 0 Å². The number of aromatic nitrogens is 1. The molecule has 1 aromatic heterocycles. The molecule has 0 fully saturated rings. The van der Waals surface area contributed by atoms with E-state index in [1.807, 2.05) is 6.92 Å². The summed E-state index contributed by atoms with van der Waals surface area (Å²) in [7, 11) is 0. The fraction of sp³-hybridized carbons (Fsp3) is 0.400. The van der Waals surface area contributed by atoms with Crippen molar-refractivity contribution in [3.05, 3.63) is 24.0 Å². The van der Waals surface area contributed by atoms with Crippen LogP contribution in [-0.2, 0) is 4.79 Å². The maximum atomic E-state index is 10.9. The molecule has 0 saturated heterocycles. The molecule has 0 aliphatic rings. The number of pyridine rings is 1. The van der Waals surface area contributed by atoms with Gasteiger partial charge in [-0.05, 0) is 32.4 Å². The van der Waals surface area contributed by atoms with Gasteiger partial charge in [0.25, 0.3) is 0 Å². The van der Waals surface area contributed by atoms with Gasteiger partial charge in [-0.3, -0.25) is 4.98 Å². The Bertz CT molecular complexity index is 348. The molecule has 0 spiro atoms. The molecular formula is C10H14N2O2. The van der Waals surface area contributed by atoms with Gasteiger partial charge in [-0.25, -0.2) is 4.79 Å². The van der Waals surface area contributed by atoms with Crippen LogP contribution in [0.25, 0.3) is 0 Å². The molecule has 2 N–H and O–H groups in total. The third-order valence-electron chi connectivity index (χ3n) is 2.00. The van der Waals surface area contributed by atoms with Crippen molar-refractivity contribution in [1.82, 2.24) is 4.98 Å². The van der Waals surface area contributed by atoms with Gasteiger partial charge in [-0.1, -0.05) is 0 Å². The zero-order valence-corrected chi connectivity index (χ0v) is 8.53. The number of anilines is 1. The van der Waals surface area contributed by atoms with E-state index in [2.05, 4.69) is 10.3 Å². The van der Waals surface area contributed by atoms with Crippen molar-refractivity contribution in [2.45, 2.75) is 26.3 Å².